The topological polar surface area (TPSA) is 18.5 Å². The van der Waals surface area contributed by atoms with E-state index in [1.54, 1.807) is 0 Å². The predicted octanol–water partition coefficient (Wildman–Crippen LogP) is 6.80. The second kappa shape index (κ2) is 7.88. The second-order valence-corrected chi connectivity index (χ2v) is 7.53. The van der Waals surface area contributed by atoms with Gasteiger partial charge in [-0.1, -0.05) is 62.0 Å². The standard InChI is InChI=1S/C21H24Cl2O2/c1-3-10-21(11-4-2)14-25-20-12-15(8-9-17(20)21)24-13-16-18(22)6-5-7-19(16)23/h5-9,12H,3-4,10-11,13-14H2,1-2H3. The van der Waals surface area contributed by atoms with Crippen molar-refractivity contribution < 1.29 is 9.47 Å². The minimum Gasteiger partial charge on any atom is -0.492 e. The third kappa shape index (κ3) is 3.75. The van der Waals surface area contributed by atoms with Gasteiger partial charge < -0.3 is 9.47 Å². The number of halogens is 2. The van der Waals surface area contributed by atoms with Crippen LogP contribution in [0.4, 0.5) is 0 Å². The molecule has 0 saturated heterocycles. The molecule has 134 valence electrons. The third-order valence-electron chi connectivity index (χ3n) is 4.93. The van der Waals surface area contributed by atoms with Crippen LogP contribution < -0.4 is 9.47 Å². The summed E-state index contributed by atoms with van der Waals surface area (Å²) in [6, 6.07) is 11.7. The van der Waals surface area contributed by atoms with E-state index in [1.165, 1.54) is 5.56 Å². The highest BCUT2D eigenvalue weighted by Gasteiger charge is 2.39. The lowest BCUT2D eigenvalue weighted by atomic mass is 9.75. The van der Waals surface area contributed by atoms with Crippen LogP contribution in [0.2, 0.25) is 10.0 Å². The number of hydrogen-bond acceptors (Lipinski definition) is 2. The van der Waals surface area contributed by atoms with Crippen LogP contribution in [-0.4, -0.2) is 6.61 Å². The molecule has 0 fully saturated rings. The van der Waals surface area contributed by atoms with Crippen LogP contribution in [0.1, 0.15) is 50.7 Å². The zero-order valence-corrected chi connectivity index (χ0v) is 16.3. The monoisotopic (exact) mass is 378 g/mol. The number of hydrogen-bond donors (Lipinski definition) is 0. The fraction of sp³-hybridized carbons (Fsp3) is 0.429. The van der Waals surface area contributed by atoms with Crippen LogP contribution in [0.5, 0.6) is 11.5 Å². The Morgan fingerprint density at radius 1 is 1.04 bits per heavy atom. The van der Waals surface area contributed by atoms with Crippen LogP contribution in [-0.2, 0) is 12.0 Å². The first-order valence-corrected chi connectivity index (χ1v) is 9.68. The molecule has 0 radical (unpaired) electrons. The fourth-order valence-corrected chi connectivity index (χ4v) is 4.27. The zero-order valence-electron chi connectivity index (χ0n) is 14.8. The highest BCUT2D eigenvalue weighted by atomic mass is 35.5. The first-order chi connectivity index (χ1) is 12.1. The van der Waals surface area contributed by atoms with Crippen LogP contribution in [0.25, 0.3) is 0 Å². The van der Waals surface area contributed by atoms with E-state index >= 15 is 0 Å². The summed E-state index contributed by atoms with van der Waals surface area (Å²) in [5.74, 6) is 1.73. The predicted molar refractivity (Wildman–Crippen MR) is 104 cm³/mol. The van der Waals surface area contributed by atoms with E-state index in [4.69, 9.17) is 32.7 Å². The third-order valence-corrected chi connectivity index (χ3v) is 5.64. The van der Waals surface area contributed by atoms with Gasteiger partial charge in [-0.25, -0.2) is 0 Å². The first kappa shape index (κ1) is 18.4. The van der Waals surface area contributed by atoms with E-state index in [9.17, 15) is 0 Å². The van der Waals surface area contributed by atoms with Crippen LogP contribution in [0, 0.1) is 0 Å². The molecule has 2 nitrogen and oxygen atoms in total. The number of ether oxygens (including phenoxy) is 2. The van der Waals surface area contributed by atoms with Crippen LogP contribution >= 0.6 is 23.2 Å². The van der Waals surface area contributed by atoms with Gasteiger partial charge in [0, 0.05) is 32.7 Å². The molecule has 0 saturated carbocycles. The molecule has 0 N–H and O–H groups in total. The van der Waals surface area contributed by atoms with Crippen LogP contribution in [0.15, 0.2) is 36.4 Å². The van der Waals surface area contributed by atoms with Crippen molar-refractivity contribution in [2.75, 3.05) is 6.61 Å². The van der Waals surface area contributed by atoms with E-state index in [0.29, 0.717) is 16.7 Å². The summed E-state index contributed by atoms with van der Waals surface area (Å²) in [6.45, 7) is 5.58. The maximum absolute atomic E-state index is 6.21. The molecule has 0 amide bonds. The van der Waals surface area contributed by atoms with E-state index in [2.05, 4.69) is 19.9 Å². The molecule has 4 heteroatoms. The maximum Gasteiger partial charge on any atom is 0.126 e. The molecule has 0 aromatic heterocycles. The molecule has 3 rings (SSSR count). The summed E-state index contributed by atoms with van der Waals surface area (Å²) in [5.41, 5.74) is 2.28. The lowest BCUT2D eigenvalue weighted by Gasteiger charge is -2.27. The summed E-state index contributed by atoms with van der Waals surface area (Å²) in [5, 5.41) is 1.24. The second-order valence-electron chi connectivity index (χ2n) is 6.72. The average molecular weight is 379 g/mol. The van der Waals surface area contributed by atoms with E-state index in [-0.39, 0.29) is 5.41 Å². The molecule has 25 heavy (non-hydrogen) atoms. The average Bonchev–Trinajstić information content (AvgIpc) is 2.93. The van der Waals surface area contributed by atoms with Gasteiger partial charge in [0.2, 0.25) is 0 Å². The minimum absolute atomic E-state index is 0.156. The highest BCUT2D eigenvalue weighted by molar-refractivity contribution is 6.35. The Bertz CT molecular complexity index is 716. The van der Waals surface area contributed by atoms with Gasteiger partial charge in [-0.3, -0.25) is 0 Å². The van der Waals surface area contributed by atoms with Crippen molar-refractivity contribution in [3.63, 3.8) is 0 Å². The molecular weight excluding hydrogens is 355 g/mol. The van der Waals surface area contributed by atoms with Crippen molar-refractivity contribution in [1.82, 2.24) is 0 Å². The number of fused-ring (bicyclic) bond motifs is 1. The highest BCUT2D eigenvalue weighted by Crippen LogP contribution is 2.46. The smallest absolute Gasteiger partial charge is 0.126 e. The molecule has 2 aromatic rings. The molecule has 0 bridgehead atoms. The summed E-state index contributed by atoms with van der Waals surface area (Å²) in [4.78, 5) is 0. The number of rotatable bonds is 7. The fourth-order valence-electron chi connectivity index (χ4n) is 3.77. The van der Waals surface area contributed by atoms with Gasteiger partial charge in [0.25, 0.3) is 0 Å². The van der Waals surface area contributed by atoms with Gasteiger partial charge >= 0.3 is 0 Å². The zero-order chi connectivity index (χ0) is 17.9. The van der Waals surface area contributed by atoms with E-state index < -0.39 is 0 Å². The van der Waals surface area contributed by atoms with Gasteiger partial charge in [0.1, 0.15) is 18.1 Å². The van der Waals surface area contributed by atoms with Crippen molar-refractivity contribution in [3.8, 4) is 11.5 Å². The van der Waals surface area contributed by atoms with Crippen LogP contribution in [0.3, 0.4) is 0 Å². The van der Waals surface area contributed by atoms with Gasteiger partial charge in [0.15, 0.2) is 0 Å². The lowest BCUT2D eigenvalue weighted by Crippen LogP contribution is -2.27. The molecule has 1 aliphatic rings. The summed E-state index contributed by atoms with van der Waals surface area (Å²) < 4.78 is 11.9. The van der Waals surface area contributed by atoms with Gasteiger partial charge in [0.05, 0.1) is 6.61 Å². The molecule has 0 aliphatic carbocycles. The Kier molecular flexibility index (Phi) is 5.81. The molecule has 0 atom stereocenters. The Balaban J connectivity index is 1.78. The molecule has 0 spiro atoms. The first-order valence-electron chi connectivity index (χ1n) is 8.92. The summed E-state index contributed by atoms with van der Waals surface area (Å²) >= 11 is 12.4. The molecular formula is C21H24Cl2O2. The largest absolute Gasteiger partial charge is 0.492 e. The van der Waals surface area contributed by atoms with Crippen molar-refractivity contribution >= 4 is 23.2 Å². The van der Waals surface area contributed by atoms with E-state index in [0.717, 1.165) is 49.4 Å². The van der Waals surface area contributed by atoms with Crippen molar-refractivity contribution in [3.05, 3.63) is 57.6 Å². The lowest BCUT2D eigenvalue weighted by molar-refractivity contribution is 0.238. The number of benzene rings is 2. The summed E-state index contributed by atoms with van der Waals surface area (Å²) in [7, 11) is 0. The Hall–Kier alpha value is -1.38. The molecule has 1 heterocycles. The molecule has 1 aliphatic heterocycles. The van der Waals surface area contributed by atoms with Crippen molar-refractivity contribution in [2.24, 2.45) is 0 Å². The molecule has 2 aromatic carbocycles. The SMILES string of the molecule is CCCC1(CCC)COc2cc(OCc3c(Cl)cccc3Cl)ccc21. The van der Waals surface area contributed by atoms with E-state index in [1.807, 2.05) is 30.3 Å². The van der Waals surface area contributed by atoms with Gasteiger partial charge in [-0.05, 0) is 31.0 Å². The normalized spacial score (nSPS) is 14.9. The quantitative estimate of drug-likeness (QED) is 0.527. The molecule has 0 unspecified atom stereocenters. The Labute approximate surface area is 160 Å². The van der Waals surface area contributed by atoms with Gasteiger partial charge in [-0.2, -0.15) is 0 Å². The maximum atomic E-state index is 6.21. The van der Waals surface area contributed by atoms with Crippen molar-refractivity contribution in [1.29, 1.82) is 0 Å². The van der Waals surface area contributed by atoms with Crippen molar-refractivity contribution in [2.45, 2.75) is 51.6 Å². The minimum atomic E-state index is 0.156. The Morgan fingerprint density at radius 2 is 1.72 bits per heavy atom. The Morgan fingerprint density at radius 3 is 2.36 bits per heavy atom. The van der Waals surface area contributed by atoms with Gasteiger partial charge in [-0.15, -0.1) is 0 Å². The summed E-state index contributed by atoms with van der Waals surface area (Å²) in [6.07, 6.45) is 4.63.